The quantitative estimate of drug-likeness (QED) is 0.523. The van der Waals surface area contributed by atoms with Crippen LogP contribution in [0.3, 0.4) is 0 Å². The smallest absolute Gasteiger partial charge is 0.264 e. The topological polar surface area (TPSA) is 69.7 Å². The molecule has 0 aromatic heterocycles. The Morgan fingerprint density at radius 2 is 1.65 bits per heavy atom. The number of hydrogen-bond donors (Lipinski definition) is 1. The highest BCUT2D eigenvalue weighted by molar-refractivity contribution is 7.92. The number of nitrogens with zero attached hydrogens (tertiary/aromatic N) is 2. The minimum Gasteiger partial charge on any atom is -0.350 e. The molecular formula is C27H31N3O3S. The number of carbonyl (C=O) groups is 1. The number of likely N-dealkylation sites (tertiary alicyclic amines) is 1. The summed E-state index contributed by atoms with van der Waals surface area (Å²) in [5, 5.41) is 3.03. The Labute approximate surface area is 202 Å². The zero-order chi connectivity index (χ0) is 24.1. The van der Waals surface area contributed by atoms with Crippen LogP contribution in [0.4, 0.5) is 5.69 Å². The Bertz CT molecular complexity index is 1220. The molecular weight excluding hydrogens is 446 g/mol. The van der Waals surface area contributed by atoms with Gasteiger partial charge < -0.3 is 5.32 Å². The Hall–Kier alpha value is -3.16. The largest absolute Gasteiger partial charge is 0.350 e. The fourth-order valence-corrected chi connectivity index (χ4v) is 5.57. The molecule has 0 saturated carbocycles. The third-order valence-electron chi connectivity index (χ3n) is 6.37. The van der Waals surface area contributed by atoms with Crippen LogP contribution >= 0.6 is 0 Å². The third kappa shape index (κ3) is 5.32. The van der Waals surface area contributed by atoms with Gasteiger partial charge in [0.15, 0.2) is 0 Å². The summed E-state index contributed by atoms with van der Waals surface area (Å²) in [6.07, 6.45) is 2.32. The number of nitrogens with one attached hydrogen (secondary N) is 1. The Morgan fingerprint density at radius 3 is 2.32 bits per heavy atom. The summed E-state index contributed by atoms with van der Waals surface area (Å²) >= 11 is 0. The van der Waals surface area contributed by atoms with Crippen LogP contribution in [-0.2, 0) is 10.0 Å². The molecule has 0 radical (unpaired) electrons. The number of carbonyl (C=O) groups excluding carboxylic acids is 1. The van der Waals surface area contributed by atoms with E-state index in [1.54, 1.807) is 24.3 Å². The van der Waals surface area contributed by atoms with E-state index >= 15 is 0 Å². The lowest BCUT2D eigenvalue weighted by Gasteiger charge is -2.28. The molecule has 7 heteroatoms. The van der Waals surface area contributed by atoms with Crippen molar-refractivity contribution in [3.05, 3.63) is 95.6 Å². The van der Waals surface area contributed by atoms with Crippen LogP contribution in [0.5, 0.6) is 0 Å². The van der Waals surface area contributed by atoms with Crippen LogP contribution < -0.4 is 9.62 Å². The number of rotatable bonds is 8. The van der Waals surface area contributed by atoms with E-state index in [1.165, 1.54) is 29.0 Å². The van der Waals surface area contributed by atoms with Gasteiger partial charge in [-0.25, -0.2) is 8.42 Å². The number of hydrogen-bond acceptors (Lipinski definition) is 4. The molecule has 4 rings (SSSR count). The van der Waals surface area contributed by atoms with Crippen molar-refractivity contribution < 1.29 is 13.2 Å². The molecule has 1 fully saturated rings. The molecule has 3 aromatic rings. The van der Waals surface area contributed by atoms with Gasteiger partial charge in [-0.05, 0) is 68.8 Å². The molecule has 1 heterocycles. The van der Waals surface area contributed by atoms with Gasteiger partial charge in [0, 0.05) is 19.2 Å². The molecule has 1 unspecified atom stereocenters. The van der Waals surface area contributed by atoms with Crippen LogP contribution in [0, 0.1) is 6.92 Å². The predicted octanol–water partition coefficient (Wildman–Crippen LogP) is 4.39. The van der Waals surface area contributed by atoms with E-state index in [0.29, 0.717) is 17.8 Å². The maximum absolute atomic E-state index is 13.2. The first-order valence-electron chi connectivity index (χ1n) is 11.6. The van der Waals surface area contributed by atoms with E-state index in [2.05, 4.69) is 22.3 Å². The zero-order valence-corrected chi connectivity index (χ0v) is 20.5. The fraction of sp³-hybridized carbons (Fsp3) is 0.296. The zero-order valence-electron chi connectivity index (χ0n) is 19.6. The van der Waals surface area contributed by atoms with E-state index in [4.69, 9.17) is 0 Å². The normalized spacial score (nSPS) is 15.1. The van der Waals surface area contributed by atoms with Crippen molar-refractivity contribution in [2.45, 2.75) is 30.7 Å². The highest BCUT2D eigenvalue weighted by Gasteiger charge is 2.25. The van der Waals surface area contributed by atoms with Gasteiger partial charge in [0.25, 0.3) is 15.9 Å². The maximum atomic E-state index is 13.2. The SMILES string of the molecule is Cc1ccc(N(C)S(=O)(=O)c2cccc(C(=O)NCC(c3ccccc3)N3CCCC3)c2)cc1. The van der Waals surface area contributed by atoms with Crippen LogP contribution in [0.25, 0.3) is 0 Å². The maximum Gasteiger partial charge on any atom is 0.264 e. The van der Waals surface area contributed by atoms with Crippen LogP contribution in [-0.4, -0.2) is 45.9 Å². The monoisotopic (exact) mass is 477 g/mol. The molecule has 34 heavy (non-hydrogen) atoms. The summed E-state index contributed by atoms with van der Waals surface area (Å²) in [5.74, 6) is -0.282. The van der Waals surface area contributed by atoms with Crippen molar-refractivity contribution in [1.82, 2.24) is 10.2 Å². The summed E-state index contributed by atoms with van der Waals surface area (Å²) in [7, 11) is -2.28. The van der Waals surface area contributed by atoms with Crippen molar-refractivity contribution in [2.75, 3.05) is 31.0 Å². The first-order chi connectivity index (χ1) is 16.4. The first kappa shape index (κ1) is 24.0. The number of aryl methyl sites for hydroxylation is 1. The van der Waals surface area contributed by atoms with Gasteiger partial charge in [0.1, 0.15) is 0 Å². The molecule has 1 amide bonds. The average molecular weight is 478 g/mol. The molecule has 178 valence electrons. The second-order valence-corrected chi connectivity index (χ2v) is 10.7. The van der Waals surface area contributed by atoms with Crippen molar-refractivity contribution in [1.29, 1.82) is 0 Å². The molecule has 0 bridgehead atoms. The second-order valence-electron chi connectivity index (χ2n) is 8.72. The first-order valence-corrected chi connectivity index (χ1v) is 13.0. The van der Waals surface area contributed by atoms with E-state index in [0.717, 1.165) is 31.5 Å². The fourth-order valence-electron chi connectivity index (χ4n) is 4.33. The van der Waals surface area contributed by atoms with Crippen molar-refractivity contribution in [2.24, 2.45) is 0 Å². The minimum atomic E-state index is -3.80. The summed E-state index contributed by atoms with van der Waals surface area (Å²) in [6, 6.07) is 23.8. The van der Waals surface area contributed by atoms with Crippen molar-refractivity contribution in [3.63, 3.8) is 0 Å². The van der Waals surface area contributed by atoms with Gasteiger partial charge >= 0.3 is 0 Å². The predicted molar refractivity (Wildman–Crippen MR) is 136 cm³/mol. The highest BCUT2D eigenvalue weighted by Crippen LogP contribution is 2.25. The Balaban J connectivity index is 1.50. The third-order valence-corrected chi connectivity index (χ3v) is 8.16. The second kappa shape index (κ2) is 10.4. The summed E-state index contributed by atoms with van der Waals surface area (Å²) < 4.78 is 27.6. The van der Waals surface area contributed by atoms with E-state index in [9.17, 15) is 13.2 Å². The Morgan fingerprint density at radius 1 is 0.971 bits per heavy atom. The van der Waals surface area contributed by atoms with Gasteiger partial charge in [-0.15, -0.1) is 0 Å². The molecule has 1 aliphatic rings. The van der Waals surface area contributed by atoms with Crippen LogP contribution in [0.15, 0.2) is 83.8 Å². The lowest BCUT2D eigenvalue weighted by Crippen LogP contribution is -2.36. The van der Waals surface area contributed by atoms with E-state index < -0.39 is 10.0 Å². The molecule has 0 aliphatic carbocycles. The average Bonchev–Trinajstić information content (AvgIpc) is 3.39. The molecule has 0 spiro atoms. The summed E-state index contributed by atoms with van der Waals surface area (Å²) in [4.78, 5) is 15.5. The van der Waals surface area contributed by atoms with E-state index in [1.807, 2.05) is 37.3 Å². The summed E-state index contributed by atoms with van der Waals surface area (Å²) in [5.41, 5.74) is 3.11. The molecule has 3 aromatic carbocycles. The molecule has 1 aliphatic heterocycles. The summed E-state index contributed by atoms with van der Waals surface area (Å²) in [6.45, 7) is 4.43. The highest BCUT2D eigenvalue weighted by atomic mass is 32.2. The standard InChI is InChI=1S/C27H31N3O3S/c1-21-13-15-24(16-14-21)29(2)34(32,33)25-12-8-11-23(19-25)27(31)28-20-26(30-17-6-7-18-30)22-9-4-3-5-10-22/h3-5,8-16,19,26H,6-7,17-18,20H2,1-2H3,(H,28,31). The number of benzene rings is 3. The molecule has 6 nitrogen and oxygen atoms in total. The van der Waals surface area contributed by atoms with Crippen molar-refractivity contribution in [3.8, 4) is 0 Å². The van der Waals surface area contributed by atoms with Gasteiger partial charge in [-0.1, -0.05) is 54.1 Å². The van der Waals surface area contributed by atoms with E-state index in [-0.39, 0.29) is 16.8 Å². The van der Waals surface area contributed by atoms with Gasteiger partial charge in [-0.3, -0.25) is 14.0 Å². The van der Waals surface area contributed by atoms with Crippen LogP contribution in [0.2, 0.25) is 0 Å². The molecule has 1 atom stereocenters. The number of amides is 1. The van der Waals surface area contributed by atoms with Gasteiger partial charge in [-0.2, -0.15) is 0 Å². The lowest BCUT2D eigenvalue weighted by atomic mass is 10.1. The molecule has 1 N–H and O–H groups in total. The van der Waals surface area contributed by atoms with Crippen molar-refractivity contribution >= 4 is 21.6 Å². The van der Waals surface area contributed by atoms with Crippen LogP contribution in [0.1, 0.15) is 40.4 Å². The Kier molecular flexibility index (Phi) is 7.34. The molecule has 1 saturated heterocycles. The van der Waals surface area contributed by atoms with Gasteiger partial charge in [0.05, 0.1) is 16.6 Å². The number of anilines is 1. The minimum absolute atomic E-state index is 0.0855. The number of sulfonamides is 1. The lowest BCUT2D eigenvalue weighted by molar-refractivity contribution is 0.0937. The van der Waals surface area contributed by atoms with Gasteiger partial charge in [0.2, 0.25) is 0 Å².